The number of ketones is 1. The molecule has 0 heterocycles. The molecule has 0 bridgehead atoms. The van der Waals surface area contributed by atoms with Gasteiger partial charge in [-0.15, -0.1) is 0 Å². The number of para-hydroxylation sites is 1. The number of hydrogen-bond acceptors (Lipinski definition) is 2. The van der Waals surface area contributed by atoms with Crippen molar-refractivity contribution in [1.29, 1.82) is 0 Å². The maximum Gasteiger partial charge on any atom is 0.133 e. The number of rotatable bonds is 4. The van der Waals surface area contributed by atoms with E-state index in [-0.39, 0.29) is 11.9 Å². The van der Waals surface area contributed by atoms with Crippen LogP contribution in [0.5, 0.6) is 5.75 Å². The Morgan fingerprint density at radius 1 is 1.50 bits per heavy atom. The third-order valence-electron chi connectivity index (χ3n) is 1.74. The average Bonchev–Trinajstić information content (AvgIpc) is 2.07. The monoisotopic (exact) mass is 304 g/mol. The molecule has 1 atom stereocenters. The van der Waals surface area contributed by atoms with E-state index in [9.17, 15) is 4.79 Å². The first-order valence-corrected chi connectivity index (χ1v) is 5.58. The third-order valence-corrected chi connectivity index (χ3v) is 2.63. The van der Waals surface area contributed by atoms with Gasteiger partial charge in [0.05, 0.1) is 3.57 Å². The van der Waals surface area contributed by atoms with Crippen molar-refractivity contribution in [2.45, 2.75) is 26.4 Å². The fourth-order valence-corrected chi connectivity index (χ4v) is 1.72. The minimum absolute atomic E-state index is 0.0524. The Labute approximate surface area is 97.8 Å². The van der Waals surface area contributed by atoms with Gasteiger partial charge in [-0.25, -0.2) is 0 Å². The number of carbonyl (C=O) groups excluding carboxylic acids is 1. The number of hydrogen-bond donors (Lipinski definition) is 0. The molecule has 0 amide bonds. The standard InChI is InChI=1S/C11H13IO2/c1-8(13)7-9(2)14-11-6-4-3-5-10(11)12/h3-6,9H,7H2,1-2H3. The van der Waals surface area contributed by atoms with E-state index in [0.29, 0.717) is 6.42 Å². The molecule has 0 aliphatic heterocycles. The normalized spacial score (nSPS) is 12.2. The Kier molecular flexibility index (Phi) is 4.38. The Hall–Kier alpha value is -0.580. The van der Waals surface area contributed by atoms with Crippen LogP contribution in [0.25, 0.3) is 0 Å². The summed E-state index contributed by atoms with van der Waals surface area (Å²) in [6.45, 7) is 3.49. The predicted molar refractivity (Wildman–Crippen MR) is 64.5 cm³/mol. The van der Waals surface area contributed by atoms with Gasteiger partial charge in [0, 0.05) is 6.42 Å². The van der Waals surface area contributed by atoms with Crippen molar-refractivity contribution in [2.24, 2.45) is 0 Å². The van der Waals surface area contributed by atoms with Gasteiger partial charge < -0.3 is 4.74 Å². The van der Waals surface area contributed by atoms with Gasteiger partial charge in [-0.3, -0.25) is 4.79 Å². The van der Waals surface area contributed by atoms with Crippen molar-refractivity contribution >= 4 is 28.4 Å². The van der Waals surface area contributed by atoms with Crippen molar-refractivity contribution in [3.63, 3.8) is 0 Å². The van der Waals surface area contributed by atoms with Crippen LogP contribution in [0.1, 0.15) is 20.3 Å². The van der Waals surface area contributed by atoms with E-state index in [2.05, 4.69) is 22.6 Å². The quantitative estimate of drug-likeness (QED) is 0.799. The number of ether oxygens (including phenoxy) is 1. The molecule has 76 valence electrons. The number of carbonyl (C=O) groups is 1. The lowest BCUT2D eigenvalue weighted by molar-refractivity contribution is -0.118. The summed E-state index contributed by atoms with van der Waals surface area (Å²) in [6.07, 6.45) is 0.411. The van der Waals surface area contributed by atoms with Crippen molar-refractivity contribution in [3.05, 3.63) is 27.8 Å². The Bertz CT molecular complexity index is 323. The van der Waals surface area contributed by atoms with Gasteiger partial charge in [-0.2, -0.15) is 0 Å². The first-order valence-electron chi connectivity index (χ1n) is 4.50. The number of benzene rings is 1. The SMILES string of the molecule is CC(=O)CC(C)Oc1ccccc1I. The zero-order valence-electron chi connectivity index (χ0n) is 8.29. The molecule has 1 aromatic rings. The first-order chi connectivity index (χ1) is 6.59. The molecule has 1 rings (SSSR count). The number of halogens is 1. The molecule has 0 spiro atoms. The molecular formula is C11H13IO2. The molecule has 14 heavy (non-hydrogen) atoms. The van der Waals surface area contributed by atoms with Gasteiger partial charge in [-0.05, 0) is 48.6 Å². The fourth-order valence-electron chi connectivity index (χ4n) is 1.20. The summed E-state index contributed by atoms with van der Waals surface area (Å²) in [5.74, 6) is 1.00. The molecule has 0 aliphatic rings. The van der Waals surface area contributed by atoms with Crippen molar-refractivity contribution in [1.82, 2.24) is 0 Å². The van der Waals surface area contributed by atoms with Crippen molar-refractivity contribution in [2.75, 3.05) is 0 Å². The average molecular weight is 304 g/mol. The largest absolute Gasteiger partial charge is 0.489 e. The second kappa shape index (κ2) is 5.34. The molecule has 0 aromatic heterocycles. The molecule has 0 N–H and O–H groups in total. The third kappa shape index (κ3) is 3.65. The minimum Gasteiger partial charge on any atom is -0.489 e. The van der Waals surface area contributed by atoms with Crippen LogP contribution in [0.4, 0.5) is 0 Å². The molecule has 0 saturated heterocycles. The molecule has 0 fully saturated rings. The molecule has 1 aromatic carbocycles. The Morgan fingerprint density at radius 2 is 2.14 bits per heavy atom. The van der Waals surface area contributed by atoms with Gasteiger partial charge >= 0.3 is 0 Å². The van der Waals surface area contributed by atoms with Gasteiger partial charge in [0.25, 0.3) is 0 Å². The zero-order chi connectivity index (χ0) is 10.6. The number of Topliss-reactive ketones (excluding diaryl/α,β-unsaturated/α-hetero) is 1. The highest BCUT2D eigenvalue weighted by molar-refractivity contribution is 14.1. The fraction of sp³-hybridized carbons (Fsp3) is 0.364. The second-order valence-corrected chi connectivity index (χ2v) is 4.43. The molecule has 1 unspecified atom stereocenters. The summed E-state index contributed by atoms with van der Waals surface area (Å²) in [6, 6.07) is 7.79. The van der Waals surface area contributed by atoms with E-state index in [1.165, 1.54) is 0 Å². The van der Waals surface area contributed by atoms with Crippen LogP contribution in [-0.4, -0.2) is 11.9 Å². The first kappa shape index (κ1) is 11.5. The summed E-state index contributed by atoms with van der Waals surface area (Å²) in [5, 5.41) is 0. The van der Waals surface area contributed by atoms with Crippen molar-refractivity contribution < 1.29 is 9.53 Å². The van der Waals surface area contributed by atoms with Crippen LogP contribution in [0, 0.1) is 3.57 Å². The molecule has 0 saturated carbocycles. The molecular weight excluding hydrogens is 291 g/mol. The highest BCUT2D eigenvalue weighted by Crippen LogP contribution is 2.21. The van der Waals surface area contributed by atoms with Gasteiger partial charge in [0.1, 0.15) is 17.6 Å². The maximum atomic E-state index is 10.8. The van der Waals surface area contributed by atoms with Gasteiger partial charge in [-0.1, -0.05) is 12.1 Å². The molecule has 2 nitrogen and oxygen atoms in total. The topological polar surface area (TPSA) is 26.3 Å². The van der Waals surface area contributed by atoms with E-state index >= 15 is 0 Å². The predicted octanol–water partition coefficient (Wildman–Crippen LogP) is 3.04. The summed E-state index contributed by atoms with van der Waals surface area (Å²) in [7, 11) is 0. The smallest absolute Gasteiger partial charge is 0.133 e. The molecule has 0 aliphatic carbocycles. The summed E-state index contributed by atoms with van der Waals surface area (Å²) >= 11 is 2.22. The second-order valence-electron chi connectivity index (χ2n) is 3.27. The maximum absolute atomic E-state index is 10.8. The Balaban J connectivity index is 2.60. The van der Waals surface area contributed by atoms with Gasteiger partial charge in [0.2, 0.25) is 0 Å². The van der Waals surface area contributed by atoms with Crippen LogP contribution in [0.2, 0.25) is 0 Å². The lowest BCUT2D eigenvalue weighted by Crippen LogP contribution is -2.15. The van der Waals surface area contributed by atoms with E-state index in [0.717, 1.165) is 9.32 Å². The zero-order valence-corrected chi connectivity index (χ0v) is 10.4. The van der Waals surface area contributed by atoms with Crippen LogP contribution in [0.15, 0.2) is 24.3 Å². The van der Waals surface area contributed by atoms with Crippen LogP contribution < -0.4 is 4.74 Å². The molecule has 3 heteroatoms. The van der Waals surface area contributed by atoms with E-state index in [1.807, 2.05) is 31.2 Å². The summed E-state index contributed by atoms with van der Waals surface area (Å²) in [4.78, 5) is 10.8. The lowest BCUT2D eigenvalue weighted by Gasteiger charge is -2.14. The van der Waals surface area contributed by atoms with Crippen LogP contribution >= 0.6 is 22.6 Å². The highest BCUT2D eigenvalue weighted by Gasteiger charge is 2.08. The summed E-state index contributed by atoms with van der Waals surface area (Å²) < 4.78 is 6.70. The van der Waals surface area contributed by atoms with E-state index in [4.69, 9.17) is 4.74 Å². The van der Waals surface area contributed by atoms with Crippen molar-refractivity contribution in [3.8, 4) is 5.75 Å². The summed E-state index contributed by atoms with van der Waals surface area (Å²) in [5.41, 5.74) is 0. The van der Waals surface area contributed by atoms with Gasteiger partial charge in [0.15, 0.2) is 0 Å². The van der Waals surface area contributed by atoms with Crippen LogP contribution in [-0.2, 0) is 4.79 Å². The Morgan fingerprint density at radius 3 is 2.71 bits per heavy atom. The van der Waals surface area contributed by atoms with Crippen LogP contribution in [0.3, 0.4) is 0 Å². The lowest BCUT2D eigenvalue weighted by atomic mass is 10.2. The molecule has 0 radical (unpaired) electrons. The van der Waals surface area contributed by atoms with E-state index in [1.54, 1.807) is 6.92 Å². The minimum atomic E-state index is -0.0524. The highest BCUT2D eigenvalue weighted by atomic mass is 127. The van der Waals surface area contributed by atoms with E-state index < -0.39 is 0 Å².